The van der Waals surface area contributed by atoms with Crippen molar-refractivity contribution in [1.82, 2.24) is 9.29 Å². The van der Waals surface area contributed by atoms with Gasteiger partial charge < -0.3 is 15.5 Å². The first kappa shape index (κ1) is 19.3. The molecule has 0 fully saturated rings. The van der Waals surface area contributed by atoms with E-state index >= 15 is 0 Å². The highest BCUT2D eigenvalue weighted by Crippen LogP contribution is 2.10. The fourth-order valence-corrected chi connectivity index (χ4v) is 3.64. The van der Waals surface area contributed by atoms with Gasteiger partial charge in [0.25, 0.3) is 5.91 Å². The van der Waals surface area contributed by atoms with E-state index in [0.717, 1.165) is 5.22 Å². The maximum atomic E-state index is 13.0. The molecule has 0 saturated heterocycles. The lowest BCUT2D eigenvalue weighted by atomic mass is 10.3. The van der Waals surface area contributed by atoms with E-state index in [2.05, 4.69) is 4.98 Å². The standard InChI is InChI=1S/C16H25N3O3S/c1-5-8-9-13-12(6-2)15(14(18-13)16(17)20)23(21)19(7-3)10-11-22-4/h5-6,8-9,18H,7,10-11H2,1-4H3,(H2,17,20)/b8-5-,12-6+,13-9+. The number of nitrogens with zero attached hydrogens (tertiary/aromatic N) is 1. The van der Waals surface area contributed by atoms with Crippen molar-refractivity contribution >= 4 is 29.0 Å². The molecule has 1 unspecified atom stereocenters. The van der Waals surface area contributed by atoms with Gasteiger partial charge in [-0.25, -0.2) is 8.51 Å². The SMILES string of the molecule is C\C=C/C=c1/[nH]c(C(N)=O)c(S(=O)N(CC)CCOC)/c1=C/C. The number of amides is 1. The van der Waals surface area contributed by atoms with Gasteiger partial charge in [0.15, 0.2) is 0 Å². The average molecular weight is 339 g/mol. The molecule has 1 amide bonds. The number of nitrogens with one attached hydrogen (secondary N) is 1. The number of rotatable bonds is 8. The largest absolute Gasteiger partial charge is 0.383 e. The van der Waals surface area contributed by atoms with Crippen molar-refractivity contribution in [2.75, 3.05) is 26.8 Å². The van der Waals surface area contributed by atoms with Crippen LogP contribution in [0.15, 0.2) is 17.0 Å². The number of methoxy groups -OCH3 is 1. The Morgan fingerprint density at radius 1 is 1.43 bits per heavy atom. The summed E-state index contributed by atoms with van der Waals surface area (Å²) >= 11 is 0. The van der Waals surface area contributed by atoms with Gasteiger partial charge in [-0.3, -0.25) is 4.79 Å². The molecule has 128 valence electrons. The molecule has 23 heavy (non-hydrogen) atoms. The molecule has 0 saturated carbocycles. The second kappa shape index (κ2) is 9.44. The summed E-state index contributed by atoms with van der Waals surface area (Å²) in [6.07, 6.45) is 7.38. The Morgan fingerprint density at radius 2 is 2.13 bits per heavy atom. The second-order valence-electron chi connectivity index (χ2n) is 4.77. The average Bonchev–Trinajstić information content (AvgIpc) is 2.91. The molecular weight excluding hydrogens is 314 g/mol. The number of carbonyl (C=O) groups is 1. The molecule has 0 radical (unpaired) electrons. The topological polar surface area (TPSA) is 88.4 Å². The van der Waals surface area contributed by atoms with Crippen molar-refractivity contribution in [1.29, 1.82) is 0 Å². The third kappa shape index (κ3) is 4.63. The molecule has 1 aromatic rings. The van der Waals surface area contributed by atoms with Crippen molar-refractivity contribution in [3.63, 3.8) is 0 Å². The van der Waals surface area contributed by atoms with Crippen LogP contribution in [0.3, 0.4) is 0 Å². The van der Waals surface area contributed by atoms with Crippen molar-refractivity contribution in [2.24, 2.45) is 5.73 Å². The number of likely N-dealkylation sites (N-methyl/N-ethyl adjacent to an activating group) is 1. The number of hydrogen-bond donors (Lipinski definition) is 2. The van der Waals surface area contributed by atoms with Crippen LogP contribution in [0.4, 0.5) is 0 Å². The van der Waals surface area contributed by atoms with Gasteiger partial charge in [-0.2, -0.15) is 0 Å². The Kier molecular flexibility index (Phi) is 7.94. The van der Waals surface area contributed by atoms with E-state index in [1.807, 2.05) is 45.1 Å². The summed E-state index contributed by atoms with van der Waals surface area (Å²) in [5, 5.41) is 1.44. The minimum atomic E-state index is -1.51. The summed E-state index contributed by atoms with van der Waals surface area (Å²) in [5.74, 6) is -0.626. The number of allylic oxidation sites excluding steroid dienone is 2. The molecule has 0 aliphatic carbocycles. The predicted octanol–water partition coefficient (Wildman–Crippen LogP) is 0.262. The number of primary amides is 1. The quantitative estimate of drug-likeness (QED) is 0.712. The zero-order chi connectivity index (χ0) is 17.4. The molecule has 3 N–H and O–H groups in total. The molecule has 1 heterocycles. The molecule has 0 aromatic carbocycles. The van der Waals surface area contributed by atoms with Crippen LogP contribution in [0, 0.1) is 0 Å². The number of carbonyl (C=O) groups excluding carboxylic acids is 1. The van der Waals surface area contributed by atoms with E-state index in [0.29, 0.717) is 29.9 Å². The summed E-state index contributed by atoms with van der Waals surface area (Å²) in [5.41, 5.74) is 5.65. The zero-order valence-corrected chi connectivity index (χ0v) is 14.9. The smallest absolute Gasteiger partial charge is 0.266 e. The van der Waals surface area contributed by atoms with Gasteiger partial charge >= 0.3 is 0 Å². The highest BCUT2D eigenvalue weighted by Gasteiger charge is 2.23. The van der Waals surface area contributed by atoms with Crippen LogP contribution in [-0.4, -0.2) is 46.2 Å². The number of ether oxygens (including phenoxy) is 1. The summed E-state index contributed by atoms with van der Waals surface area (Å²) in [4.78, 5) is 15.2. The highest BCUT2D eigenvalue weighted by atomic mass is 32.2. The number of nitrogens with two attached hydrogens (primary N) is 1. The third-order valence-corrected chi connectivity index (χ3v) is 5.00. The molecular formula is C16H25N3O3S. The van der Waals surface area contributed by atoms with E-state index < -0.39 is 16.9 Å². The Hall–Kier alpha value is -1.70. The minimum Gasteiger partial charge on any atom is -0.383 e. The van der Waals surface area contributed by atoms with E-state index in [1.165, 1.54) is 0 Å². The predicted molar refractivity (Wildman–Crippen MR) is 93.5 cm³/mol. The normalized spacial score (nSPS) is 15.0. The molecule has 1 aromatic heterocycles. The van der Waals surface area contributed by atoms with Crippen LogP contribution in [0.2, 0.25) is 0 Å². The van der Waals surface area contributed by atoms with Crippen LogP contribution >= 0.6 is 0 Å². The van der Waals surface area contributed by atoms with E-state index in [9.17, 15) is 9.00 Å². The van der Waals surface area contributed by atoms with Gasteiger partial charge in [0, 0.05) is 30.8 Å². The van der Waals surface area contributed by atoms with Crippen LogP contribution in [0.25, 0.3) is 12.2 Å². The number of hydrogen-bond acceptors (Lipinski definition) is 3. The summed E-state index contributed by atoms with van der Waals surface area (Å²) in [7, 11) is 0.0895. The Balaban J connectivity index is 3.52. The number of H-pyrrole nitrogens is 1. The Morgan fingerprint density at radius 3 is 2.61 bits per heavy atom. The lowest BCUT2D eigenvalue weighted by Crippen LogP contribution is -2.34. The van der Waals surface area contributed by atoms with Crippen molar-refractivity contribution in [2.45, 2.75) is 25.7 Å². The second-order valence-corrected chi connectivity index (χ2v) is 6.19. The molecule has 0 aliphatic rings. The van der Waals surface area contributed by atoms with Crippen LogP contribution in [-0.2, 0) is 15.7 Å². The fourth-order valence-electron chi connectivity index (χ4n) is 2.16. The molecule has 1 atom stereocenters. The first-order valence-electron chi connectivity index (χ1n) is 7.48. The minimum absolute atomic E-state index is 0.183. The molecule has 0 spiro atoms. The van der Waals surface area contributed by atoms with Gasteiger partial charge in [0.2, 0.25) is 0 Å². The maximum Gasteiger partial charge on any atom is 0.266 e. The van der Waals surface area contributed by atoms with Gasteiger partial charge in [0.05, 0.1) is 11.5 Å². The Bertz CT molecular complexity index is 707. The highest BCUT2D eigenvalue weighted by molar-refractivity contribution is 7.82. The number of aromatic nitrogens is 1. The van der Waals surface area contributed by atoms with Crippen LogP contribution in [0.5, 0.6) is 0 Å². The molecule has 7 heteroatoms. The summed E-state index contributed by atoms with van der Waals surface area (Å²) in [6.45, 7) is 7.17. The third-order valence-electron chi connectivity index (χ3n) is 3.32. The first-order valence-corrected chi connectivity index (χ1v) is 8.59. The lowest BCUT2D eigenvalue weighted by molar-refractivity contribution is 0.0993. The Labute approximate surface area is 139 Å². The van der Waals surface area contributed by atoms with Crippen LogP contribution in [0.1, 0.15) is 31.3 Å². The van der Waals surface area contributed by atoms with Crippen molar-refractivity contribution in [3.8, 4) is 0 Å². The van der Waals surface area contributed by atoms with Crippen molar-refractivity contribution in [3.05, 3.63) is 28.4 Å². The van der Waals surface area contributed by atoms with E-state index in [4.69, 9.17) is 10.5 Å². The first-order chi connectivity index (χ1) is 11.0. The van der Waals surface area contributed by atoms with E-state index in [1.54, 1.807) is 11.4 Å². The van der Waals surface area contributed by atoms with Crippen molar-refractivity contribution < 1.29 is 13.7 Å². The summed E-state index contributed by atoms with van der Waals surface area (Å²) < 4.78 is 19.8. The lowest BCUT2D eigenvalue weighted by Gasteiger charge is -2.18. The molecule has 1 rings (SSSR count). The fraction of sp³-hybridized carbons (Fsp3) is 0.438. The van der Waals surface area contributed by atoms with E-state index in [-0.39, 0.29) is 5.69 Å². The monoisotopic (exact) mass is 339 g/mol. The summed E-state index contributed by atoms with van der Waals surface area (Å²) in [6, 6.07) is 0. The van der Waals surface area contributed by atoms with Gasteiger partial charge in [0.1, 0.15) is 16.7 Å². The molecule has 6 nitrogen and oxygen atoms in total. The van der Waals surface area contributed by atoms with Gasteiger partial charge in [-0.15, -0.1) is 0 Å². The maximum absolute atomic E-state index is 13.0. The number of aromatic amines is 1. The van der Waals surface area contributed by atoms with Gasteiger partial charge in [-0.1, -0.05) is 25.2 Å². The van der Waals surface area contributed by atoms with Gasteiger partial charge in [-0.05, 0) is 19.9 Å². The molecule has 0 bridgehead atoms. The van der Waals surface area contributed by atoms with Crippen LogP contribution < -0.4 is 16.3 Å². The molecule has 0 aliphatic heterocycles. The zero-order valence-electron chi connectivity index (χ0n) is 14.1.